The van der Waals surface area contributed by atoms with Gasteiger partial charge in [0.25, 0.3) is 0 Å². The van der Waals surface area contributed by atoms with Crippen LogP contribution in [0.15, 0.2) is 30.3 Å². The standard InChI is InChI=1S/C20H20F3NO3/c1-3-27-19(25)13-6-4-12(5-7-13)18-16(20(21,22)23)11-14-10-15(26-2)8-9-17(14)24-18/h4,8-11,13H,3,5-7H2,1-2H3. The number of hydrogen-bond donors (Lipinski definition) is 0. The number of alkyl halides is 3. The summed E-state index contributed by atoms with van der Waals surface area (Å²) < 4.78 is 51.0. The van der Waals surface area contributed by atoms with E-state index in [1.807, 2.05) is 0 Å². The second-order valence-electron chi connectivity index (χ2n) is 6.39. The summed E-state index contributed by atoms with van der Waals surface area (Å²) in [5.74, 6) is -0.144. The van der Waals surface area contributed by atoms with Crippen LogP contribution in [0.5, 0.6) is 5.75 Å². The molecule has 0 spiro atoms. The van der Waals surface area contributed by atoms with E-state index in [9.17, 15) is 18.0 Å². The lowest BCUT2D eigenvalue weighted by Gasteiger charge is -2.22. The molecule has 1 aromatic heterocycles. The van der Waals surface area contributed by atoms with Gasteiger partial charge in [-0.05, 0) is 56.0 Å². The van der Waals surface area contributed by atoms with E-state index in [4.69, 9.17) is 9.47 Å². The van der Waals surface area contributed by atoms with Crippen molar-refractivity contribution in [2.24, 2.45) is 5.92 Å². The molecule has 0 saturated heterocycles. The topological polar surface area (TPSA) is 48.4 Å². The van der Waals surface area contributed by atoms with Crippen LogP contribution in [-0.2, 0) is 15.7 Å². The number of rotatable bonds is 4. The molecule has 0 fully saturated rings. The van der Waals surface area contributed by atoms with Gasteiger partial charge in [-0.3, -0.25) is 4.79 Å². The number of benzene rings is 1. The molecule has 0 bridgehead atoms. The van der Waals surface area contributed by atoms with Crippen LogP contribution < -0.4 is 4.74 Å². The van der Waals surface area contributed by atoms with E-state index in [-0.39, 0.29) is 17.6 Å². The maximum Gasteiger partial charge on any atom is 0.418 e. The number of allylic oxidation sites excluding steroid dienone is 2. The largest absolute Gasteiger partial charge is 0.497 e. The molecule has 1 atom stereocenters. The molecule has 0 amide bonds. The molecule has 7 heteroatoms. The van der Waals surface area contributed by atoms with Gasteiger partial charge in [0.2, 0.25) is 0 Å². The Labute approximate surface area is 155 Å². The molecule has 0 N–H and O–H groups in total. The van der Waals surface area contributed by atoms with E-state index >= 15 is 0 Å². The summed E-state index contributed by atoms with van der Waals surface area (Å²) in [6.07, 6.45) is -1.70. The van der Waals surface area contributed by atoms with Gasteiger partial charge in [-0.1, -0.05) is 6.08 Å². The summed E-state index contributed by atoms with van der Waals surface area (Å²) in [6, 6.07) is 5.95. The minimum atomic E-state index is -4.53. The van der Waals surface area contributed by atoms with Crippen molar-refractivity contribution >= 4 is 22.4 Å². The van der Waals surface area contributed by atoms with Crippen LogP contribution in [0, 0.1) is 5.92 Å². The fraction of sp³-hybridized carbons (Fsp3) is 0.400. The molecular formula is C20H20F3NO3. The van der Waals surface area contributed by atoms with E-state index in [0.29, 0.717) is 48.1 Å². The third kappa shape index (κ3) is 4.07. The molecule has 1 aliphatic rings. The van der Waals surface area contributed by atoms with Crippen LogP contribution >= 0.6 is 0 Å². The number of nitrogens with zero attached hydrogens (tertiary/aromatic N) is 1. The summed E-state index contributed by atoms with van der Waals surface area (Å²) in [5, 5.41) is 0.367. The zero-order chi connectivity index (χ0) is 19.6. The van der Waals surface area contributed by atoms with Gasteiger partial charge in [-0.15, -0.1) is 0 Å². The summed E-state index contributed by atoms with van der Waals surface area (Å²) >= 11 is 0. The maximum absolute atomic E-state index is 13.6. The first-order valence-corrected chi connectivity index (χ1v) is 8.75. The number of hydrogen-bond acceptors (Lipinski definition) is 4. The Morgan fingerprint density at radius 3 is 2.67 bits per heavy atom. The molecule has 0 saturated carbocycles. The third-order valence-electron chi connectivity index (χ3n) is 4.66. The highest BCUT2D eigenvalue weighted by Gasteiger charge is 2.36. The highest BCUT2D eigenvalue weighted by Crippen LogP contribution is 2.40. The molecule has 144 valence electrons. The number of halogens is 3. The molecule has 0 radical (unpaired) electrons. The Bertz CT molecular complexity index is 890. The molecule has 1 heterocycles. The number of carbonyl (C=O) groups excluding carboxylic acids is 1. The maximum atomic E-state index is 13.6. The Balaban J connectivity index is 2.01. The molecule has 4 nitrogen and oxygen atoms in total. The molecule has 0 aliphatic heterocycles. The van der Waals surface area contributed by atoms with E-state index < -0.39 is 11.7 Å². The molecule has 2 aromatic rings. The van der Waals surface area contributed by atoms with Gasteiger partial charge in [0, 0.05) is 5.39 Å². The van der Waals surface area contributed by atoms with Crippen molar-refractivity contribution in [1.29, 1.82) is 0 Å². The highest BCUT2D eigenvalue weighted by atomic mass is 19.4. The first kappa shape index (κ1) is 19.2. The van der Waals surface area contributed by atoms with Gasteiger partial charge in [0.1, 0.15) is 5.75 Å². The lowest BCUT2D eigenvalue weighted by Crippen LogP contribution is -2.20. The van der Waals surface area contributed by atoms with E-state index in [0.717, 1.165) is 6.07 Å². The number of carbonyl (C=O) groups is 1. The highest BCUT2D eigenvalue weighted by molar-refractivity contribution is 5.84. The van der Waals surface area contributed by atoms with Gasteiger partial charge in [-0.2, -0.15) is 13.2 Å². The Kier molecular flexibility index (Phi) is 5.39. The van der Waals surface area contributed by atoms with Gasteiger partial charge >= 0.3 is 12.1 Å². The number of pyridine rings is 1. The van der Waals surface area contributed by atoms with Crippen LogP contribution in [0.4, 0.5) is 13.2 Å². The fourth-order valence-electron chi connectivity index (χ4n) is 3.27. The first-order chi connectivity index (χ1) is 12.8. The normalized spacial score (nSPS) is 17.5. The van der Waals surface area contributed by atoms with Crippen molar-refractivity contribution in [2.75, 3.05) is 13.7 Å². The van der Waals surface area contributed by atoms with E-state index in [1.165, 1.54) is 13.2 Å². The molecule has 1 unspecified atom stereocenters. The summed E-state index contributed by atoms with van der Waals surface area (Å²) in [7, 11) is 1.46. The Hall–Kier alpha value is -2.57. The predicted molar refractivity (Wildman–Crippen MR) is 95.2 cm³/mol. The second kappa shape index (κ2) is 7.58. The van der Waals surface area contributed by atoms with Crippen molar-refractivity contribution < 1.29 is 27.4 Å². The summed E-state index contributed by atoms with van der Waals surface area (Å²) in [5.41, 5.74) is 0.138. The van der Waals surface area contributed by atoms with Gasteiger partial charge in [-0.25, -0.2) is 4.98 Å². The molecule has 3 rings (SSSR count). The smallest absolute Gasteiger partial charge is 0.418 e. The van der Waals surface area contributed by atoms with Crippen LogP contribution in [-0.4, -0.2) is 24.7 Å². The average molecular weight is 379 g/mol. The van der Waals surface area contributed by atoms with Crippen molar-refractivity contribution in [3.63, 3.8) is 0 Å². The fourth-order valence-corrected chi connectivity index (χ4v) is 3.27. The Morgan fingerprint density at radius 1 is 1.30 bits per heavy atom. The number of ether oxygens (including phenoxy) is 2. The lowest BCUT2D eigenvalue weighted by atomic mass is 9.87. The van der Waals surface area contributed by atoms with Crippen molar-refractivity contribution in [1.82, 2.24) is 4.98 Å². The average Bonchev–Trinajstić information content (AvgIpc) is 2.66. The third-order valence-corrected chi connectivity index (χ3v) is 4.66. The van der Waals surface area contributed by atoms with Gasteiger partial charge in [0.05, 0.1) is 36.4 Å². The second-order valence-corrected chi connectivity index (χ2v) is 6.39. The zero-order valence-electron chi connectivity index (χ0n) is 15.1. The Morgan fingerprint density at radius 2 is 2.07 bits per heavy atom. The number of fused-ring (bicyclic) bond motifs is 1. The minimum absolute atomic E-state index is 0.0672. The van der Waals surface area contributed by atoms with Crippen molar-refractivity contribution in [2.45, 2.75) is 32.4 Å². The summed E-state index contributed by atoms with van der Waals surface area (Å²) in [4.78, 5) is 16.1. The number of methoxy groups -OCH3 is 1. The zero-order valence-corrected chi connectivity index (χ0v) is 15.1. The number of esters is 1. The molecule has 27 heavy (non-hydrogen) atoms. The van der Waals surface area contributed by atoms with E-state index in [1.54, 1.807) is 25.1 Å². The quantitative estimate of drug-likeness (QED) is 0.701. The van der Waals surface area contributed by atoms with Crippen LogP contribution in [0.1, 0.15) is 37.4 Å². The summed E-state index contributed by atoms with van der Waals surface area (Å²) in [6.45, 7) is 2.02. The van der Waals surface area contributed by atoms with Crippen molar-refractivity contribution in [3.05, 3.63) is 41.6 Å². The SMILES string of the molecule is CCOC(=O)C1CC=C(c2nc3ccc(OC)cc3cc2C(F)(F)F)CC1. The van der Waals surface area contributed by atoms with Crippen molar-refractivity contribution in [3.8, 4) is 5.75 Å². The minimum Gasteiger partial charge on any atom is -0.497 e. The predicted octanol–water partition coefficient (Wildman–Crippen LogP) is 5.01. The van der Waals surface area contributed by atoms with E-state index in [2.05, 4.69) is 4.98 Å². The van der Waals surface area contributed by atoms with Gasteiger partial charge < -0.3 is 9.47 Å². The monoisotopic (exact) mass is 379 g/mol. The molecule has 1 aliphatic carbocycles. The van der Waals surface area contributed by atoms with Crippen LogP contribution in [0.3, 0.4) is 0 Å². The lowest BCUT2D eigenvalue weighted by molar-refractivity contribution is -0.148. The van der Waals surface area contributed by atoms with Crippen LogP contribution in [0.2, 0.25) is 0 Å². The number of aromatic nitrogens is 1. The van der Waals surface area contributed by atoms with Gasteiger partial charge in [0.15, 0.2) is 0 Å². The first-order valence-electron chi connectivity index (χ1n) is 8.75. The van der Waals surface area contributed by atoms with Crippen LogP contribution in [0.25, 0.3) is 16.5 Å². The molecular weight excluding hydrogens is 359 g/mol. The molecule has 1 aromatic carbocycles.